The van der Waals surface area contributed by atoms with E-state index in [0.29, 0.717) is 12.3 Å². The van der Waals surface area contributed by atoms with Crippen LogP contribution >= 0.6 is 0 Å². The van der Waals surface area contributed by atoms with Crippen molar-refractivity contribution in [2.24, 2.45) is 5.92 Å². The molecule has 1 rings (SSSR count). The molecule has 0 bridgehead atoms. The minimum Gasteiger partial charge on any atom is -0.309 e. The smallest absolute Gasteiger partial charge is 0.309 e. The normalized spacial score (nSPS) is 13.9. The maximum Gasteiger partial charge on any atom is 0.389 e. The van der Waals surface area contributed by atoms with E-state index in [1.807, 2.05) is 12.1 Å². The second kappa shape index (κ2) is 19.9. The predicted octanol–water partition coefficient (Wildman–Crippen LogP) is 10.7. The van der Waals surface area contributed by atoms with Gasteiger partial charge in [0.25, 0.3) is 0 Å². The van der Waals surface area contributed by atoms with E-state index in [2.05, 4.69) is 25.9 Å². The lowest BCUT2D eigenvalue weighted by Gasteiger charge is -2.21. The maximum absolute atomic E-state index is 13.5. The molecular formula is C31H53F4N. The molecule has 0 heterocycles. The Bertz CT molecular complexity index is 626. The van der Waals surface area contributed by atoms with Crippen molar-refractivity contribution in [3.63, 3.8) is 0 Å². The van der Waals surface area contributed by atoms with Crippen LogP contribution in [0.2, 0.25) is 0 Å². The van der Waals surface area contributed by atoms with Gasteiger partial charge in [-0.25, -0.2) is 4.39 Å². The molecule has 2 unspecified atom stereocenters. The van der Waals surface area contributed by atoms with Gasteiger partial charge >= 0.3 is 6.18 Å². The molecule has 0 N–H and O–H groups in total. The first-order chi connectivity index (χ1) is 17.2. The summed E-state index contributed by atoms with van der Waals surface area (Å²) < 4.78 is 50.1. The first kappa shape index (κ1) is 32.9. The number of unbranched alkanes of at least 4 members (excludes halogenated alkanes) is 8. The number of nitrogens with zero attached hydrogens (tertiary/aromatic N) is 1. The molecule has 0 amide bonds. The summed E-state index contributed by atoms with van der Waals surface area (Å²) in [6, 6.07) is 7.13. The molecule has 0 aliphatic carbocycles. The third-order valence-corrected chi connectivity index (χ3v) is 7.45. The summed E-state index contributed by atoms with van der Waals surface area (Å²) >= 11 is 0. The number of halogens is 4. The van der Waals surface area contributed by atoms with Crippen molar-refractivity contribution in [1.29, 1.82) is 0 Å². The van der Waals surface area contributed by atoms with Crippen molar-refractivity contribution in [3.05, 3.63) is 35.6 Å². The molecule has 1 aromatic rings. The number of hydrogen-bond acceptors (Lipinski definition) is 1. The second-order valence-corrected chi connectivity index (χ2v) is 11.1. The van der Waals surface area contributed by atoms with Crippen LogP contribution in [0.1, 0.15) is 134 Å². The van der Waals surface area contributed by atoms with Crippen LogP contribution in [-0.2, 0) is 0 Å². The fourth-order valence-corrected chi connectivity index (χ4v) is 5.28. The Hall–Kier alpha value is -1.10. The fraction of sp³-hybridized carbons (Fsp3) is 0.806. The molecule has 0 spiro atoms. The summed E-state index contributed by atoms with van der Waals surface area (Å²) in [7, 11) is 4.23. The van der Waals surface area contributed by atoms with Crippen LogP contribution in [0.3, 0.4) is 0 Å². The summed E-state index contributed by atoms with van der Waals surface area (Å²) in [6.07, 6.45) is 14.3. The van der Waals surface area contributed by atoms with Gasteiger partial charge in [0.1, 0.15) is 5.82 Å². The molecule has 0 saturated carbocycles. The molecule has 0 radical (unpaired) electrons. The minimum absolute atomic E-state index is 0.164. The minimum atomic E-state index is -4.00. The molecule has 0 aliphatic rings. The van der Waals surface area contributed by atoms with Gasteiger partial charge in [-0.3, -0.25) is 0 Å². The van der Waals surface area contributed by atoms with Gasteiger partial charge in [0, 0.05) is 6.42 Å². The van der Waals surface area contributed by atoms with Gasteiger partial charge in [-0.05, 0) is 75.9 Å². The summed E-state index contributed by atoms with van der Waals surface area (Å²) in [5, 5.41) is 0. The van der Waals surface area contributed by atoms with Crippen LogP contribution < -0.4 is 0 Å². The molecule has 1 nitrogen and oxygen atoms in total. The molecule has 36 heavy (non-hydrogen) atoms. The lowest BCUT2D eigenvalue weighted by Crippen LogP contribution is -2.14. The summed E-state index contributed by atoms with van der Waals surface area (Å²) in [5.41, 5.74) is 1.27. The highest BCUT2D eigenvalue weighted by Gasteiger charge is 2.25. The quantitative estimate of drug-likeness (QED) is 0.110. The maximum atomic E-state index is 13.5. The number of alkyl halides is 3. The van der Waals surface area contributed by atoms with E-state index in [1.54, 1.807) is 12.1 Å². The molecule has 0 aromatic heterocycles. The van der Waals surface area contributed by atoms with Gasteiger partial charge in [0.05, 0.1) is 0 Å². The Morgan fingerprint density at radius 3 is 1.78 bits per heavy atom. The Morgan fingerprint density at radius 1 is 0.667 bits per heavy atom. The topological polar surface area (TPSA) is 3.24 Å². The van der Waals surface area contributed by atoms with Gasteiger partial charge in [-0.15, -0.1) is 0 Å². The van der Waals surface area contributed by atoms with E-state index in [0.717, 1.165) is 44.6 Å². The van der Waals surface area contributed by atoms with E-state index in [1.165, 1.54) is 69.8 Å². The SMILES string of the molecule is CCCCCC(CCCCCCCCCC(F)(F)F)CCCC(CCCN(C)C)c1ccc(F)cc1. The van der Waals surface area contributed by atoms with Crippen LogP contribution in [0.25, 0.3) is 0 Å². The van der Waals surface area contributed by atoms with Gasteiger partial charge in [0.15, 0.2) is 0 Å². The largest absolute Gasteiger partial charge is 0.389 e. The third kappa shape index (κ3) is 18.2. The van der Waals surface area contributed by atoms with Crippen molar-refractivity contribution in [1.82, 2.24) is 4.90 Å². The molecule has 2 atom stereocenters. The van der Waals surface area contributed by atoms with E-state index < -0.39 is 12.6 Å². The van der Waals surface area contributed by atoms with E-state index in [4.69, 9.17) is 0 Å². The summed E-state index contributed by atoms with van der Waals surface area (Å²) in [6.45, 7) is 3.34. The van der Waals surface area contributed by atoms with Crippen molar-refractivity contribution in [3.8, 4) is 0 Å². The van der Waals surface area contributed by atoms with Gasteiger partial charge in [-0.2, -0.15) is 13.2 Å². The van der Waals surface area contributed by atoms with Gasteiger partial charge in [-0.1, -0.05) is 103 Å². The van der Waals surface area contributed by atoms with Gasteiger partial charge in [0.2, 0.25) is 0 Å². The molecule has 0 saturated heterocycles. The Balaban J connectivity index is 2.39. The molecular weight excluding hydrogens is 462 g/mol. The van der Waals surface area contributed by atoms with Crippen LogP contribution in [0.5, 0.6) is 0 Å². The number of rotatable bonds is 22. The highest BCUT2D eigenvalue weighted by Crippen LogP contribution is 2.31. The van der Waals surface area contributed by atoms with Crippen LogP contribution in [0.4, 0.5) is 17.6 Å². The van der Waals surface area contributed by atoms with Crippen LogP contribution in [0.15, 0.2) is 24.3 Å². The monoisotopic (exact) mass is 515 g/mol. The standard InChI is InChI=1S/C31H53F4N/c1-4-5-11-16-27(17-12-9-7-6-8-10-13-25-31(33,34)35)18-14-19-28(20-15-26-36(2)3)29-21-23-30(32)24-22-29/h21-24,27-28H,4-20,25-26H2,1-3H3. The second-order valence-electron chi connectivity index (χ2n) is 11.1. The Morgan fingerprint density at radius 2 is 1.19 bits per heavy atom. The van der Waals surface area contributed by atoms with E-state index >= 15 is 0 Å². The lowest BCUT2D eigenvalue weighted by atomic mass is 9.85. The van der Waals surface area contributed by atoms with E-state index in [-0.39, 0.29) is 12.2 Å². The number of hydrogen-bond donors (Lipinski definition) is 0. The molecule has 0 aliphatic heterocycles. The van der Waals surface area contributed by atoms with Crippen molar-refractivity contribution < 1.29 is 17.6 Å². The highest BCUT2D eigenvalue weighted by molar-refractivity contribution is 5.20. The lowest BCUT2D eigenvalue weighted by molar-refractivity contribution is -0.135. The zero-order valence-electron chi connectivity index (χ0n) is 23.4. The Labute approximate surface area is 219 Å². The fourth-order valence-electron chi connectivity index (χ4n) is 5.28. The van der Waals surface area contributed by atoms with Crippen molar-refractivity contribution in [2.45, 2.75) is 135 Å². The van der Waals surface area contributed by atoms with Crippen LogP contribution in [0, 0.1) is 11.7 Å². The first-order valence-electron chi connectivity index (χ1n) is 14.7. The molecule has 210 valence electrons. The average molecular weight is 516 g/mol. The third-order valence-electron chi connectivity index (χ3n) is 7.45. The Kier molecular flexibility index (Phi) is 18.2. The van der Waals surface area contributed by atoms with Crippen molar-refractivity contribution >= 4 is 0 Å². The number of benzene rings is 1. The molecule has 5 heteroatoms. The highest BCUT2D eigenvalue weighted by atomic mass is 19.4. The zero-order chi connectivity index (χ0) is 26.7. The summed E-state index contributed by atoms with van der Waals surface area (Å²) in [4.78, 5) is 2.23. The molecule has 0 fully saturated rings. The van der Waals surface area contributed by atoms with Crippen LogP contribution in [-0.4, -0.2) is 31.7 Å². The van der Waals surface area contributed by atoms with Gasteiger partial charge < -0.3 is 4.90 Å². The van der Waals surface area contributed by atoms with Crippen molar-refractivity contribution in [2.75, 3.05) is 20.6 Å². The average Bonchev–Trinajstić information content (AvgIpc) is 2.81. The predicted molar refractivity (Wildman–Crippen MR) is 146 cm³/mol. The summed E-state index contributed by atoms with van der Waals surface area (Å²) in [5.74, 6) is 1.11. The zero-order valence-corrected chi connectivity index (χ0v) is 23.4. The molecule has 1 aromatic carbocycles. The van der Waals surface area contributed by atoms with E-state index in [9.17, 15) is 17.6 Å². The first-order valence-corrected chi connectivity index (χ1v) is 14.7.